The maximum Gasteiger partial charge on any atom is 0.199 e. The van der Waals surface area contributed by atoms with E-state index in [1.165, 1.54) is 24.9 Å². The van der Waals surface area contributed by atoms with E-state index >= 15 is 0 Å². The molecule has 2 heterocycles. The van der Waals surface area contributed by atoms with Gasteiger partial charge in [0.15, 0.2) is 6.29 Å². The van der Waals surface area contributed by atoms with Crippen LogP contribution in [-0.4, -0.2) is 26.0 Å². The molecule has 1 atom stereocenters. The van der Waals surface area contributed by atoms with Gasteiger partial charge in [0, 0.05) is 31.3 Å². The number of rotatable bonds is 3. The Morgan fingerprint density at radius 3 is 2.71 bits per heavy atom. The Hall–Kier alpha value is -1.22. The average molecular weight is 289 g/mol. The molecular formula is C18H27NO2. The second-order valence-corrected chi connectivity index (χ2v) is 7.06. The topological polar surface area (TPSA) is 21.7 Å². The lowest BCUT2D eigenvalue weighted by Gasteiger charge is -2.38. The molecule has 1 aromatic rings. The molecule has 0 radical (unpaired) electrons. The van der Waals surface area contributed by atoms with Gasteiger partial charge in [0.1, 0.15) is 5.75 Å². The zero-order valence-corrected chi connectivity index (χ0v) is 13.3. The van der Waals surface area contributed by atoms with Gasteiger partial charge in [0.25, 0.3) is 0 Å². The first-order valence-corrected chi connectivity index (χ1v) is 8.26. The maximum absolute atomic E-state index is 5.98. The van der Waals surface area contributed by atoms with E-state index in [4.69, 9.17) is 9.47 Å². The number of benzene rings is 1. The molecule has 2 aliphatic heterocycles. The first kappa shape index (κ1) is 14.7. The zero-order chi connectivity index (χ0) is 14.7. The minimum Gasteiger partial charge on any atom is -0.465 e. The highest BCUT2D eigenvalue weighted by Gasteiger charge is 2.25. The van der Waals surface area contributed by atoms with Crippen LogP contribution < -0.4 is 9.64 Å². The van der Waals surface area contributed by atoms with Gasteiger partial charge in [-0.05, 0) is 43.2 Å². The lowest BCUT2D eigenvalue weighted by Crippen LogP contribution is -2.37. The minimum absolute atomic E-state index is 0.0608. The van der Waals surface area contributed by atoms with Gasteiger partial charge in [0.05, 0.1) is 6.61 Å². The summed E-state index contributed by atoms with van der Waals surface area (Å²) < 4.78 is 11.6. The fourth-order valence-electron chi connectivity index (χ4n) is 3.08. The van der Waals surface area contributed by atoms with Crippen LogP contribution in [0.1, 0.15) is 46.0 Å². The molecule has 0 aliphatic carbocycles. The second-order valence-electron chi connectivity index (χ2n) is 7.06. The lowest BCUT2D eigenvalue weighted by molar-refractivity contribution is -0.105. The highest BCUT2D eigenvalue weighted by atomic mass is 16.7. The molecule has 2 aliphatic rings. The number of hydrogen-bond donors (Lipinski definition) is 0. The van der Waals surface area contributed by atoms with Crippen LogP contribution in [0.3, 0.4) is 0 Å². The molecule has 0 bridgehead atoms. The number of piperidine rings is 1. The summed E-state index contributed by atoms with van der Waals surface area (Å²) in [6.07, 6.45) is 5.81. The van der Waals surface area contributed by atoms with Crippen molar-refractivity contribution in [3.8, 4) is 5.75 Å². The van der Waals surface area contributed by atoms with Crippen molar-refractivity contribution >= 4 is 5.69 Å². The summed E-state index contributed by atoms with van der Waals surface area (Å²) in [5.41, 5.74) is 1.76. The van der Waals surface area contributed by atoms with Crippen molar-refractivity contribution in [1.29, 1.82) is 0 Å². The van der Waals surface area contributed by atoms with Crippen LogP contribution in [0.15, 0.2) is 24.3 Å². The van der Waals surface area contributed by atoms with Gasteiger partial charge in [-0.1, -0.05) is 19.9 Å². The Bertz CT molecular complexity index is 456. The Morgan fingerprint density at radius 1 is 1.19 bits per heavy atom. The molecule has 21 heavy (non-hydrogen) atoms. The largest absolute Gasteiger partial charge is 0.465 e. The van der Waals surface area contributed by atoms with Crippen LogP contribution in [-0.2, 0) is 4.74 Å². The second kappa shape index (κ2) is 6.27. The van der Waals surface area contributed by atoms with Gasteiger partial charge in [-0.2, -0.15) is 0 Å². The van der Waals surface area contributed by atoms with Gasteiger partial charge in [0.2, 0.25) is 0 Å². The van der Waals surface area contributed by atoms with E-state index in [-0.39, 0.29) is 6.29 Å². The van der Waals surface area contributed by atoms with Gasteiger partial charge in [-0.3, -0.25) is 0 Å². The number of anilines is 1. The van der Waals surface area contributed by atoms with E-state index < -0.39 is 0 Å². The summed E-state index contributed by atoms with van der Waals surface area (Å²) in [7, 11) is 0. The monoisotopic (exact) mass is 289 g/mol. The summed E-state index contributed by atoms with van der Waals surface area (Å²) >= 11 is 0. The Balaban J connectivity index is 1.63. The van der Waals surface area contributed by atoms with Gasteiger partial charge in [-0.15, -0.1) is 0 Å². The quantitative estimate of drug-likeness (QED) is 0.831. The predicted octanol–water partition coefficient (Wildman–Crippen LogP) is 4.22. The van der Waals surface area contributed by atoms with Crippen molar-refractivity contribution < 1.29 is 9.47 Å². The number of ether oxygens (including phenoxy) is 2. The van der Waals surface area contributed by atoms with E-state index in [0.29, 0.717) is 5.41 Å². The van der Waals surface area contributed by atoms with Crippen LogP contribution in [0.2, 0.25) is 0 Å². The third-order valence-electron chi connectivity index (χ3n) is 4.71. The van der Waals surface area contributed by atoms with Crippen molar-refractivity contribution in [1.82, 2.24) is 0 Å². The molecule has 116 valence electrons. The predicted molar refractivity (Wildman–Crippen MR) is 85.9 cm³/mol. The Morgan fingerprint density at radius 2 is 2.00 bits per heavy atom. The number of hydrogen-bond acceptors (Lipinski definition) is 3. The summed E-state index contributed by atoms with van der Waals surface area (Å²) in [6.45, 7) is 7.83. The van der Waals surface area contributed by atoms with E-state index in [1.807, 2.05) is 6.07 Å². The molecule has 0 spiro atoms. The van der Waals surface area contributed by atoms with Crippen molar-refractivity contribution in [3.05, 3.63) is 24.3 Å². The van der Waals surface area contributed by atoms with Crippen LogP contribution in [0, 0.1) is 5.41 Å². The zero-order valence-electron chi connectivity index (χ0n) is 13.3. The first-order chi connectivity index (χ1) is 10.1. The standard InChI is InChI=1S/C18H27NO2/c1-18(2)9-11-19(12-10-18)15-6-5-7-16(14-15)21-17-8-3-4-13-20-17/h5-7,14,17H,3-4,8-13H2,1-2H3. The summed E-state index contributed by atoms with van der Waals surface area (Å²) in [5, 5.41) is 0. The molecule has 3 rings (SSSR count). The normalized spacial score (nSPS) is 25.6. The summed E-state index contributed by atoms with van der Waals surface area (Å²) in [5.74, 6) is 0.934. The van der Waals surface area contributed by atoms with Crippen LogP contribution >= 0.6 is 0 Å². The van der Waals surface area contributed by atoms with Crippen LogP contribution in [0.25, 0.3) is 0 Å². The highest BCUT2D eigenvalue weighted by molar-refractivity contribution is 5.51. The summed E-state index contributed by atoms with van der Waals surface area (Å²) in [4.78, 5) is 2.47. The van der Waals surface area contributed by atoms with E-state index in [2.05, 4.69) is 36.9 Å². The van der Waals surface area contributed by atoms with Gasteiger partial charge in [-0.25, -0.2) is 0 Å². The Kier molecular flexibility index (Phi) is 4.39. The molecule has 0 saturated carbocycles. The third kappa shape index (κ3) is 3.91. The van der Waals surface area contributed by atoms with Gasteiger partial charge < -0.3 is 14.4 Å². The van der Waals surface area contributed by atoms with Crippen molar-refractivity contribution in [3.63, 3.8) is 0 Å². The van der Waals surface area contributed by atoms with Crippen molar-refractivity contribution in [2.45, 2.75) is 52.2 Å². The molecule has 0 N–H and O–H groups in total. The molecule has 0 aromatic heterocycles. The third-order valence-corrected chi connectivity index (χ3v) is 4.71. The smallest absolute Gasteiger partial charge is 0.199 e. The molecule has 2 saturated heterocycles. The van der Waals surface area contributed by atoms with Crippen LogP contribution in [0.4, 0.5) is 5.69 Å². The average Bonchev–Trinajstić information content (AvgIpc) is 2.48. The lowest BCUT2D eigenvalue weighted by atomic mass is 9.82. The Labute approximate surface area is 128 Å². The highest BCUT2D eigenvalue weighted by Crippen LogP contribution is 2.33. The SMILES string of the molecule is CC1(C)CCN(c2cccc(OC3CCCCO3)c2)CC1. The van der Waals surface area contributed by atoms with E-state index in [0.717, 1.165) is 38.3 Å². The van der Waals surface area contributed by atoms with Crippen molar-refractivity contribution in [2.24, 2.45) is 5.41 Å². The number of nitrogens with zero attached hydrogens (tertiary/aromatic N) is 1. The maximum atomic E-state index is 5.98. The molecule has 0 amide bonds. The molecular weight excluding hydrogens is 262 g/mol. The molecule has 1 aromatic carbocycles. The summed E-state index contributed by atoms with van der Waals surface area (Å²) in [6, 6.07) is 8.48. The van der Waals surface area contributed by atoms with E-state index in [9.17, 15) is 0 Å². The van der Waals surface area contributed by atoms with Crippen LogP contribution in [0.5, 0.6) is 5.75 Å². The van der Waals surface area contributed by atoms with Crippen molar-refractivity contribution in [2.75, 3.05) is 24.6 Å². The first-order valence-electron chi connectivity index (χ1n) is 8.26. The molecule has 1 unspecified atom stereocenters. The fraction of sp³-hybridized carbons (Fsp3) is 0.667. The molecule has 2 fully saturated rings. The van der Waals surface area contributed by atoms with E-state index in [1.54, 1.807) is 0 Å². The molecule has 3 nitrogen and oxygen atoms in total. The van der Waals surface area contributed by atoms with Gasteiger partial charge >= 0.3 is 0 Å². The molecule has 3 heteroatoms. The minimum atomic E-state index is -0.0608. The fourth-order valence-corrected chi connectivity index (χ4v) is 3.08.